The van der Waals surface area contributed by atoms with Crippen LogP contribution in [0.3, 0.4) is 0 Å². The van der Waals surface area contributed by atoms with Crippen LogP contribution in [0.5, 0.6) is 0 Å². The van der Waals surface area contributed by atoms with Crippen LogP contribution in [0.15, 0.2) is 12.0 Å². The SMILES string of the molecule is C=CS(=O)(=O)NCC1CCC(F)(F)CC1. The lowest BCUT2D eigenvalue weighted by Crippen LogP contribution is -2.32. The molecule has 1 aliphatic rings. The Morgan fingerprint density at radius 3 is 2.40 bits per heavy atom. The average Bonchev–Trinajstić information content (AvgIpc) is 2.16. The molecule has 1 N–H and O–H groups in total. The minimum Gasteiger partial charge on any atom is -0.211 e. The molecule has 0 amide bonds. The van der Waals surface area contributed by atoms with Crippen LogP contribution in [0.25, 0.3) is 0 Å². The summed E-state index contributed by atoms with van der Waals surface area (Å²) in [6, 6.07) is 0. The fraction of sp³-hybridized carbons (Fsp3) is 0.778. The molecule has 1 fully saturated rings. The highest BCUT2D eigenvalue weighted by Crippen LogP contribution is 2.35. The van der Waals surface area contributed by atoms with Crippen molar-refractivity contribution in [1.29, 1.82) is 0 Å². The molecule has 1 rings (SSSR count). The monoisotopic (exact) mass is 239 g/mol. The van der Waals surface area contributed by atoms with Crippen molar-refractivity contribution in [3.8, 4) is 0 Å². The molecule has 0 unspecified atom stereocenters. The standard InChI is InChI=1S/C9H15F2NO2S/c1-2-15(13,14)12-7-8-3-5-9(10,11)6-4-8/h2,8,12H,1,3-7H2. The molecule has 88 valence electrons. The number of sulfonamides is 1. The second-order valence-corrected chi connectivity index (χ2v) is 5.57. The molecule has 0 radical (unpaired) electrons. The van der Waals surface area contributed by atoms with E-state index in [1.165, 1.54) is 0 Å². The predicted octanol–water partition coefficient (Wildman–Crippen LogP) is 1.87. The molecule has 0 heterocycles. The van der Waals surface area contributed by atoms with E-state index in [1.54, 1.807) is 0 Å². The molecule has 0 spiro atoms. The van der Waals surface area contributed by atoms with Gasteiger partial charge in [-0.3, -0.25) is 0 Å². The maximum Gasteiger partial charge on any atom is 0.248 e. The van der Waals surface area contributed by atoms with E-state index in [4.69, 9.17) is 0 Å². The van der Waals surface area contributed by atoms with Crippen molar-refractivity contribution in [2.24, 2.45) is 5.92 Å². The van der Waals surface area contributed by atoms with Crippen LogP contribution < -0.4 is 4.72 Å². The Hall–Kier alpha value is -0.490. The fourth-order valence-electron chi connectivity index (χ4n) is 1.60. The van der Waals surface area contributed by atoms with E-state index in [2.05, 4.69) is 11.3 Å². The number of rotatable bonds is 4. The van der Waals surface area contributed by atoms with Gasteiger partial charge in [0.2, 0.25) is 15.9 Å². The molecule has 0 bridgehead atoms. The summed E-state index contributed by atoms with van der Waals surface area (Å²) in [5, 5.41) is 0.824. The van der Waals surface area contributed by atoms with E-state index in [1.807, 2.05) is 0 Å². The second kappa shape index (κ2) is 4.57. The molecule has 0 atom stereocenters. The van der Waals surface area contributed by atoms with Crippen molar-refractivity contribution < 1.29 is 17.2 Å². The summed E-state index contributed by atoms with van der Waals surface area (Å²) in [6.07, 6.45) is 0.445. The largest absolute Gasteiger partial charge is 0.248 e. The molecule has 0 saturated heterocycles. The Bertz CT molecular complexity index is 317. The summed E-state index contributed by atoms with van der Waals surface area (Å²) in [6.45, 7) is 3.38. The average molecular weight is 239 g/mol. The first-order valence-electron chi connectivity index (χ1n) is 4.84. The summed E-state index contributed by atoms with van der Waals surface area (Å²) < 4.78 is 49.8. The van der Waals surface area contributed by atoms with E-state index < -0.39 is 15.9 Å². The van der Waals surface area contributed by atoms with Gasteiger partial charge < -0.3 is 0 Å². The normalized spacial score (nSPS) is 22.5. The summed E-state index contributed by atoms with van der Waals surface area (Å²) >= 11 is 0. The van der Waals surface area contributed by atoms with Crippen molar-refractivity contribution >= 4 is 10.0 Å². The molecule has 0 aromatic heterocycles. The van der Waals surface area contributed by atoms with Crippen LogP contribution in [0.2, 0.25) is 0 Å². The van der Waals surface area contributed by atoms with Gasteiger partial charge in [-0.1, -0.05) is 6.58 Å². The molecular formula is C9H15F2NO2S. The van der Waals surface area contributed by atoms with Gasteiger partial charge in [0.1, 0.15) is 0 Å². The number of halogens is 2. The van der Waals surface area contributed by atoms with Gasteiger partial charge in [-0.15, -0.1) is 0 Å². The maximum atomic E-state index is 12.8. The summed E-state index contributed by atoms with van der Waals surface area (Å²) in [4.78, 5) is 0. The van der Waals surface area contributed by atoms with Crippen LogP contribution in [0.4, 0.5) is 8.78 Å². The van der Waals surface area contributed by atoms with Gasteiger partial charge in [0.25, 0.3) is 0 Å². The molecule has 3 nitrogen and oxygen atoms in total. The van der Waals surface area contributed by atoms with Gasteiger partial charge >= 0.3 is 0 Å². The minimum absolute atomic E-state index is 0.0133. The second-order valence-electron chi connectivity index (χ2n) is 3.86. The minimum atomic E-state index is -3.42. The smallest absolute Gasteiger partial charge is 0.211 e. The third kappa shape index (κ3) is 4.25. The summed E-state index contributed by atoms with van der Waals surface area (Å²) in [5.74, 6) is -2.55. The van der Waals surface area contributed by atoms with Crippen molar-refractivity contribution in [2.75, 3.05) is 6.54 Å². The Labute approximate surface area is 88.6 Å². The van der Waals surface area contributed by atoms with E-state index in [0.717, 1.165) is 5.41 Å². The molecule has 1 saturated carbocycles. The van der Waals surface area contributed by atoms with Gasteiger partial charge in [-0.05, 0) is 18.8 Å². The molecule has 6 heteroatoms. The van der Waals surface area contributed by atoms with Crippen LogP contribution in [-0.4, -0.2) is 20.9 Å². The zero-order valence-electron chi connectivity index (χ0n) is 8.38. The van der Waals surface area contributed by atoms with E-state index in [0.29, 0.717) is 12.8 Å². The highest BCUT2D eigenvalue weighted by molar-refractivity contribution is 7.92. The maximum absolute atomic E-state index is 12.8. The molecule has 0 aromatic rings. The predicted molar refractivity (Wildman–Crippen MR) is 54.0 cm³/mol. The lowest BCUT2D eigenvalue weighted by Gasteiger charge is -2.27. The highest BCUT2D eigenvalue weighted by Gasteiger charge is 2.34. The van der Waals surface area contributed by atoms with Crippen molar-refractivity contribution in [2.45, 2.75) is 31.6 Å². The Balaban J connectivity index is 2.34. The first kappa shape index (κ1) is 12.6. The van der Waals surface area contributed by atoms with Crippen LogP contribution in [0.1, 0.15) is 25.7 Å². The fourth-order valence-corrected chi connectivity index (χ4v) is 2.18. The third-order valence-corrected chi connectivity index (χ3v) is 3.64. The first-order valence-corrected chi connectivity index (χ1v) is 6.39. The summed E-state index contributed by atoms with van der Waals surface area (Å²) in [5.41, 5.74) is 0. The Kier molecular flexibility index (Phi) is 3.83. The van der Waals surface area contributed by atoms with Crippen molar-refractivity contribution in [1.82, 2.24) is 4.72 Å². The van der Waals surface area contributed by atoms with Crippen LogP contribution in [-0.2, 0) is 10.0 Å². The third-order valence-electron chi connectivity index (χ3n) is 2.63. The van der Waals surface area contributed by atoms with Crippen molar-refractivity contribution in [3.63, 3.8) is 0 Å². The number of hydrogen-bond acceptors (Lipinski definition) is 2. The number of hydrogen-bond donors (Lipinski definition) is 1. The Morgan fingerprint density at radius 1 is 1.40 bits per heavy atom. The molecule has 0 aromatic carbocycles. The zero-order chi connectivity index (χ0) is 11.5. The van der Waals surface area contributed by atoms with Crippen molar-refractivity contribution in [3.05, 3.63) is 12.0 Å². The quantitative estimate of drug-likeness (QED) is 0.814. The Morgan fingerprint density at radius 2 is 1.93 bits per heavy atom. The van der Waals surface area contributed by atoms with Crippen LogP contribution >= 0.6 is 0 Å². The zero-order valence-corrected chi connectivity index (χ0v) is 9.19. The summed E-state index contributed by atoms with van der Waals surface area (Å²) in [7, 11) is -3.42. The van der Waals surface area contributed by atoms with E-state index in [-0.39, 0.29) is 25.3 Å². The lowest BCUT2D eigenvalue weighted by molar-refractivity contribution is -0.0450. The van der Waals surface area contributed by atoms with Gasteiger partial charge in [-0.2, -0.15) is 0 Å². The van der Waals surface area contributed by atoms with Gasteiger partial charge in [0, 0.05) is 24.8 Å². The number of nitrogens with one attached hydrogen (secondary N) is 1. The molecule has 1 aliphatic carbocycles. The van der Waals surface area contributed by atoms with Gasteiger partial charge in [-0.25, -0.2) is 21.9 Å². The highest BCUT2D eigenvalue weighted by atomic mass is 32.2. The first-order chi connectivity index (χ1) is 6.85. The lowest BCUT2D eigenvalue weighted by atomic mass is 9.87. The van der Waals surface area contributed by atoms with E-state index in [9.17, 15) is 17.2 Å². The van der Waals surface area contributed by atoms with Gasteiger partial charge in [0.05, 0.1) is 0 Å². The molecular weight excluding hydrogens is 224 g/mol. The number of alkyl halides is 2. The molecule has 0 aliphatic heterocycles. The topological polar surface area (TPSA) is 46.2 Å². The van der Waals surface area contributed by atoms with Crippen LogP contribution in [0, 0.1) is 5.92 Å². The van der Waals surface area contributed by atoms with E-state index >= 15 is 0 Å². The van der Waals surface area contributed by atoms with Gasteiger partial charge in [0.15, 0.2) is 0 Å². The molecule has 15 heavy (non-hydrogen) atoms.